The number of rotatable bonds is 1. The van der Waals surface area contributed by atoms with Crippen LogP contribution < -0.4 is 0 Å². The molecule has 0 aromatic heterocycles. The van der Waals surface area contributed by atoms with Crippen LogP contribution in [0.4, 0.5) is 0 Å². The molecule has 0 aliphatic rings. The number of phenolic OH excluding ortho intramolecular Hbond substituents is 1. The van der Waals surface area contributed by atoms with Gasteiger partial charge in [0.1, 0.15) is 5.75 Å². The maximum atomic E-state index is 9.23. The van der Waals surface area contributed by atoms with E-state index < -0.39 is 0 Å². The molecule has 0 saturated heterocycles. The van der Waals surface area contributed by atoms with Crippen LogP contribution in [-0.2, 0) is 6.42 Å². The third-order valence-electron chi connectivity index (χ3n) is 1.62. The van der Waals surface area contributed by atoms with Gasteiger partial charge in [-0.25, -0.2) is 0 Å². The number of aryl methyl sites for hydroxylation is 2. The zero-order chi connectivity index (χ0) is 10.3. The topological polar surface area (TPSA) is 20.2 Å². The summed E-state index contributed by atoms with van der Waals surface area (Å²) in [5, 5.41) is 9.23. The van der Waals surface area contributed by atoms with Gasteiger partial charge < -0.3 is 5.11 Å². The quantitative estimate of drug-likeness (QED) is 0.699. The van der Waals surface area contributed by atoms with E-state index in [1.807, 2.05) is 26.0 Å². The summed E-state index contributed by atoms with van der Waals surface area (Å²) < 4.78 is 0. The maximum absolute atomic E-state index is 9.23. The van der Waals surface area contributed by atoms with Crippen LogP contribution in [0.15, 0.2) is 18.2 Å². The highest BCUT2D eigenvalue weighted by Gasteiger charge is 1.96. The maximum Gasteiger partial charge on any atom is 0.118 e. The fourth-order valence-electron chi connectivity index (χ4n) is 0.997. The third kappa shape index (κ3) is 4.56. The highest BCUT2D eigenvalue weighted by atomic mass is 16.3. The number of hydrogen-bond acceptors (Lipinski definition) is 1. The van der Waals surface area contributed by atoms with Crippen molar-refractivity contribution < 1.29 is 5.11 Å². The Morgan fingerprint density at radius 3 is 2.08 bits per heavy atom. The molecule has 1 nitrogen and oxygen atoms in total. The van der Waals surface area contributed by atoms with Gasteiger partial charge in [0, 0.05) is 0 Å². The van der Waals surface area contributed by atoms with E-state index in [0.717, 1.165) is 12.0 Å². The smallest absolute Gasteiger partial charge is 0.118 e. The fraction of sp³-hybridized carbons (Fsp3) is 0.500. The Morgan fingerprint density at radius 2 is 1.69 bits per heavy atom. The first kappa shape index (κ1) is 12.0. The fourth-order valence-corrected chi connectivity index (χ4v) is 0.997. The van der Waals surface area contributed by atoms with Crippen molar-refractivity contribution in [3.8, 4) is 5.75 Å². The SMILES string of the molecule is CCC.CCc1cc(C)ccc1O. The van der Waals surface area contributed by atoms with Crippen molar-refractivity contribution in [1.29, 1.82) is 0 Å². The molecule has 0 atom stereocenters. The van der Waals surface area contributed by atoms with Crippen LogP contribution in [-0.4, -0.2) is 5.11 Å². The van der Waals surface area contributed by atoms with Crippen LogP contribution in [0.5, 0.6) is 5.75 Å². The molecule has 13 heavy (non-hydrogen) atoms. The van der Waals surface area contributed by atoms with E-state index >= 15 is 0 Å². The molecular formula is C12H20O. The monoisotopic (exact) mass is 180 g/mol. The van der Waals surface area contributed by atoms with E-state index in [9.17, 15) is 5.11 Å². The first-order chi connectivity index (χ1) is 6.15. The molecule has 0 aliphatic carbocycles. The molecule has 0 aliphatic heterocycles. The Hall–Kier alpha value is -0.980. The summed E-state index contributed by atoms with van der Waals surface area (Å²) in [6.45, 7) is 8.31. The van der Waals surface area contributed by atoms with E-state index in [-0.39, 0.29) is 0 Å². The summed E-state index contributed by atoms with van der Waals surface area (Å²) in [7, 11) is 0. The predicted octanol–water partition coefficient (Wildman–Crippen LogP) is 3.68. The third-order valence-corrected chi connectivity index (χ3v) is 1.62. The normalized spacial score (nSPS) is 8.92. The van der Waals surface area contributed by atoms with Gasteiger partial charge in [-0.05, 0) is 25.0 Å². The minimum Gasteiger partial charge on any atom is -0.508 e. The molecule has 1 aromatic carbocycles. The van der Waals surface area contributed by atoms with Crippen molar-refractivity contribution in [2.24, 2.45) is 0 Å². The average molecular weight is 180 g/mol. The highest BCUT2D eigenvalue weighted by molar-refractivity contribution is 5.35. The zero-order valence-electron chi connectivity index (χ0n) is 9.09. The van der Waals surface area contributed by atoms with Gasteiger partial charge in [-0.1, -0.05) is 44.9 Å². The van der Waals surface area contributed by atoms with Gasteiger partial charge in [-0.3, -0.25) is 0 Å². The van der Waals surface area contributed by atoms with Crippen LogP contribution >= 0.6 is 0 Å². The van der Waals surface area contributed by atoms with Gasteiger partial charge in [0.25, 0.3) is 0 Å². The van der Waals surface area contributed by atoms with Crippen LogP contribution in [0.25, 0.3) is 0 Å². The molecule has 74 valence electrons. The van der Waals surface area contributed by atoms with E-state index in [1.165, 1.54) is 12.0 Å². The predicted molar refractivity (Wildman–Crippen MR) is 58.2 cm³/mol. The molecule has 1 rings (SSSR count). The molecule has 0 fully saturated rings. The average Bonchev–Trinajstić information content (AvgIpc) is 2.10. The molecule has 1 N–H and O–H groups in total. The molecule has 0 unspecified atom stereocenters. The van der Waals surface area contributed by atoms with Crippen molar-refractivity contribution in [1.82, 2.24) is 0 Å². The molecule has 0 bridgehead atoms. The van der Waals surface area contributed by atoms with E-state index in [4.69, 9.17) is 0 Å². The number of phenols is 1. The molecule has 1 aromatic rings. The Bertz CT molecular complexity index is 241. The zero-order valence-corrected chi connectivity index (χ0v) is 9.09. The van der Waals surface area contributed by atoms with Gasteiger partial charge in [-0.15, -0.1) is 0 Å². The van der Waals surface area contributed by atoms with Crippen molar-refractivity contribution in [2.75, 3.05) is 0 Å². The number of benzene rings is 1. The van der Waals surface area contributed by atoms with Crippen LogP contribution in [0.3, 0.4) is 0 Å². The van der Waals surface area contributed by atoms with Crippen LogP contribution in [0.1, 0.15) is 38.3 Å². The summed E-state index contributed by atoms with van der Waals surface area (Å²) >= 11 is 0. The minimum absolute atomic E-state index is 0.410. The molecule has 0 spiro atoms. The lowest BCUT2D eigenvalue weighted by molar-refractivity contribution is 0.468. The summed E-state index contributed by atoms with van der Waals surface area (Å²) in [5.74, 6) is 0.410. The molecule has 0 saturated carbocycles. The Morgan fingerprint density at radius 1 is 1.15 bits per heavy atom. The van der Waals surface area contributed by atoms with Crippen LogP contribution in [0, 0.1) is 6.92 Å². The Kier molecular flexibility index (Phi) is 6.03. The van der Waals surface area contributed by atoms with Gasteiger partial charge >= 0.3 is 0 Å². The molecule has 0 radical (unpaired) electrons. The first-order valence-electron chi connectivity index (χ1n) is 4.94. The lowest BCUT2D eigenvalue weighted by Gasteiger charge is -2.00. The summed E-state index contributed by atoms with van der Waals surface area (Å²) in [4.78, 5) is 0. The summed E-state index contributed by atoms with van der Waals surface area (Å²) in [5.41, 5.74) is 2.23. The standard InChI is InChI=1S/C9H12O.C3H8/c1-3-8-6-7(2)4-5-9(8)10;1-3-2/h4-6,10H,3H2,1-2H3;3H2,1-2H3. The van der Waals surface area contributed by atoms with E-state index in [0.29, 0.717) is 5.75 Å². The van der Waals surface area contributed by atoms with Gasteiger partial charge in [0.05, 0.1) is 0 Å². The van der Waals surface area contributed by atoms with Crippen molar-refractivity contribution in [2.45, 2.75) is 40.5 Å². The molecule has 0 heterocycles. The van der Waals surface area contributed by atoms with Gasteiger partial charge in [-0.2, -0.15) is 0 Å². The second kappa shape index (κ2) is 6.53. The molecule has 1 heteroatoms. The second-order valence-electron chi connectivity index (χ2n) is 3.19. The molecular weight excluding hydrogens is 160 g/mol. The summed E-state index contributed by atoms with van der Waals surface area (Å²) in [6.07, 6.45) is 2.15. The number of aromatic hydroxyl groups is 1. The number of hydrogen-bond donors (Lipinski definition) is 1. The van der Waals surface area contributed by atoms with Gasteiger partial charge in [0.15, 0.2) is 0 Å². The largest absolute Gasteiger partial charge is 0.508 e. The van der Waals surface area contributed by atoms with E-state index in [1.54, 1.807) is 6.07 Å². The lowest BCUT2D eigenvalue weighted by Crippen LogP contribution is -1.81. The lowest BCUT2D eigenvalue weighted by atomic mass is 10.1. The Balaban J connectivity index is 0.000000424. The second-order valence-corrected chi connectivity index (χ2v) is 3.19. The van der Waals surface area contributed by atoms with Crippen LogP contribution in [0.2, 0.25) is 0 Å². The molecule has 0 amide bonds. The van der Waals surface area contributed by atoms with Crippen molar-refractivity contribution in [3.63, 3.8) is 0 Å². The van der Waals surface area contributed by atoms with Gasteiger partial charge in [0.2, 0.25) is 0 Å². The Labute approximate surface area is 81.4 Å². The van der Waals surface area contributed by atoms with E-state index in [2.05, 4.69) is 13.8 Å². The van der Waals surface area contributed by atoms with Crippen molar-refractivity contribution >= 4 is 0 Å². The van der Waals surface area contributed by atoms with Crippen molar-refractivity contribution in [3.05, 3.63) is 29.3 Å². The highest BCUT2D eigenvalue weighted by Crippen LogP contribution is 2.17. The summed E-state index contributed by atoms with van der Waals surface area (Å²) in [6, 6.07) is 5.66. The minimum atomic E-state index is 0.410. The first-order valence-corrected chi connectivity index (χ1v) is 4.94.